The highest BCUT2D eigenvalue weighted by Gasteiger charge is 2.17. The molecule has 0 nitrogen and oxygen atoms in total. The van der Waals surface area contributed by atoms with Gasteiger partial charge in [-0.1, -0.05) is 19.3 Å². The molecule has 1 radical (unpaired) electrons. The average Bonchev–Trinajstić information content (AvgIpc) is 2.63. The molecule has 1 rings (SSSR count). The van der Waals surface area contributed by atoms with Crippen LogP contribution in [0.2, 0.25) is 0 Å². The number of hydrogen-bond donors (Lipinski definition) is 0. The molecule has 0 heterocycles. The first-order valence-electron chi connectivity index (χ1n) is 3.75. The van der Waals surface area contributed by atoms with Gasteiger partial charge in [-0.25, -0.2) is 0 Å². The average molecular weight is 121 g/mol. The molecule has 0 bridgehead atoms. The molecule has 0 amide bonds. The predicted octanol–water partition coefficient (Wildman–Crippen LogP) is 2.40. The molecule has 0 spiro atoms. The van der Waals surface area contributed by atoms with Gasteiger partial charge in [0, 0.05) is 12.3 Å². The molecule has 49 valence electrons. The molecule has 9 heavy (non-hydrogen) atoms. The molecule has 1 unspecified atom stereocenters. The topological polar surface area (TPSA) is 0 Å². The predicted molar refractivity (Wildman–Crippen MR) is 39.7 cm³/mol. The van der Waals surface area contributed by atoms with Crippen LogP contribution < -0.4 is 0 Å². The fraction of sp³-hybridized carbons (Fsp3) is 0.667. The lowest BCUT2D eigenvalue weighted by Gasteiger charge is -1.82. The monoisotopic (exact) mass is 121 g/mol. The van der Waals surface area contributed by atoms with Crippen LogP contribution in [0.1, 0.15) is 32.6 Å². The van der Waals surface area contributed by atoms with Crippen molar-refractivity contribution in [2.45, 2.75) is 32.6 Å². The van der Waals surface area contributed by atoms with E-state index in [1.807, 2.05) is 0 Å². The molecule has 1 fully saturated rings. The molecule has 1 aliphatic carbocycles. The van der Waals surface area contributed by atoms with E-state index in [0.29, 0.717) is 5.92 Å². The molecule has 1 saturated carbocycles. The Morgan fingerprint density at radius 3 is 3.00 bits per heavy atom. The number of unbranched alkanes of at least 4 members (excludes halogenated alkanes) is 2. The second kappa shape index (κ2) is 3.56. The van der Waals surface area contributed by atoms with E-state index >= 15 is 0 Å². The minimum absolute atomic E-state index is 0.668. The Morgan fingerprint density at radius 2 is 2.44 bits per heavy atom. The van der Waals surface area contributed by atoms with Gasteiger partial charge in [0.05, 0.1) is 0 Å². The van der Waals surface area contributed by atoms with Crippen LogP contribution >= 0.6 is 0 Å². The van der Waals surface area contributed by atoms with E-state index in [4.69, 9.17) is 0 Å². The van der Waals surface area contributed by atoms with E-state index in [1.165, 1.54) is 19.3 Å². The molecule has 0 N–H and O–H groups in total. The summed E-state index contributed by atoms with van der Waals surface area (Å²) >= 11 is 0. The fourth-order valence-corrected chi connectivity index (χ4v) is 0.654. The summed E-state index contributed by atoms with van der Waals surface area (Å²) in [7, 11) is 0. The first kappa shape index (κ1) is 6.68. The van der Waals surface area contributed by atoms with Crippen molar-refractivity contribution in [3.8, 4) is 11.8 Å². The highest BCUT2D eigenvalue weighted by Crippen LogP contribution is 2.25. The van der Waals surface area contributed by atoms with Gasteiger partial charge in [-0.15, -0.1) is 5.92 Å². The van der Waals surface area contributed by atoms with Gasteiger partial charge in [-0.05, 0) is 19.3 Å². The lowest BCUT2D eigenvalue weighted by molar-refractivity contribution is 0.827. The summed E-state index contributed by atoms with van der Waals surface area (Å²) in [5.41, 5.74) is 0. The van der Waals surface area contributed by atoms with Crippen molar-refractivity contribution in [3.63, 3.8) is 0 Å². The van der Waals surface area contributed by atoms with E-state index < -0.39 is 0 Å². The van der Waals surface area contributed by atoms with Crippen molar-refractivity contribution in [1.29, 1.82) is 0 Å². The van der Waals surface area contributed by atoms with E-state index in [0.717, 1.165) is 6.42 Å². The smallest absolute Gasteiger partial charge is 0.0237 e. The molecule has 0 aromatic carbocycles. The zero-order chi connectivity index (χ0) is 6.53. The van der Waals surface area contributed by atoms with Crippen LogP contribution in [0.4, 0.5) is 0 Å². The third-order valence-corrected chi connectivity index (χ3v) is 1.41. The molecule has 0 heteroatoms. The Bertz CT molecular complexity index is 121. The van der Waals surface area contributed by atoms with Gasteiger partial charge < -0.3 is 0 Å². The van der Waals surface area contributed by atoms with Gasteiger partial charge in [0.25, 0.3) is 0 Å². The summed E-state index contributed by atoms with van der Waals surface area (Å²) < 4.78 is 0. The van der Waals surface area contributed by atoms with Gasteiger partial charge in [0.15, 0.2) is 0 Å². The summed E-state index contributed by atoms with van der Waals surface area (Å²) in [6, 6.07) is 0. The largest absolute Gasteiger partial charge is 0.103 e. The first-order valence-corrected chi connectivity index (χ1v) is 3.75. The third kappa shape index (κ3) is 3.19. The molecular weight excluding hydrogens is 108 g/mol. The quantitative estimate of drug-likeness (QED) is 0.389. The van der Waals surface area contributed by atoms with Crippen molar-refractivity contribution >= 4 is 0 Å². The van der Waals surface area contributed by atoms with Crippen molar-refractivity contribution in [1.82, 2.24) is 0 Å². The lowest BCUT2D eigenvalue weighted by Crippen LogP contribution is -1.68. The fourth-order valence-electron chi connectivity index (χ4n) is 0.654. The lowest BCUT2D eigenvalue weighted by atomic mass is 10.2. The van der Waals surface area contributed by atoms with E-state index in [9.17, 15) is 0 Å². The highest BCUT2D eigenvalue weighted by molar-refractivity contribution is 5.17. The molecule has 1 atom stereocenters. The van der Waals surface area contributed by atoms with Crippen molar-refractivity contribution in [2.75, 3.05) is 0 Å². The van der Waals surface area contributed by atoms with Gasteiger partial charge in [-0.2, -0.15) is 0 Å². The van der Waals surface area contributed by atoms with Crippen LogP contribution in [0, 0.1) is 24.2 Å². The Labute approximate surface area is 57.7 Å². The Hall–Kier alpha value is -0.440. The maximum absolute atomic E-state index is 3.19. The molecule has 0 aromatic rings. The minimum atomic E-state index is 0.668. The summed E-state index contributed by atoms with van der Waals surface area (Å²) in [4.78, 5) is 0. The Balaban J connectivity index is 1.96. The van der Waals surface area contributed by atoms with Crippen molar-refractivity contribution in [2.24, 2.45) is 5.92 Å². The van der Waals surface area contributed by atoms with Crippen LogP contribution in [-0.4, -0.2) is 0 Å². The molecule has 1 aliphatic rings. The van der Waals surface area contributed by atoms with Crippen LogP contribution in [0.5, 0.6) is 0 Å². The second-order valence-corrected chi connectivity index (χ2v) is 2.50. The van der Waals surface area contributed by atoms with Crippen LogP contribution in [0.25, 0.3) is 0 Å². The van der Waals surface area contributed by atoms with E-state index in [-0.39, 0.29) is 0 Å². The molecule has 0 aromatic heterocycles. The standard InChI is InChI=1S/C9H13/c1-2-3-4-5-6-9-7-8-9/h7,9H,2-4,8H2,1H3. The number of rotatable bonds is 2. The number of hydrogen-bond acceptors (Lipinski definition) is 0. The summed E-state index contributed by atoms with van der Waals surface area (Å²) in [6.07, 6.45) is 7.11. The zero-order valence-corrected chi connectivity index (χ0v) is 5.98. The zero-order valence-electron chi connectivity index (χ0n) is 5.98. The summed E-state index contributed by atoms with van der Waals surface area (Å²) in [5.74, 6) is 7.02. The van der Waals surface area contributed by atoms with Gasteiger partial charge in [0.1, 0.15) is 0 Å². The maximum atomic E-state index is 3.19. The summed E-state index contributed by atoms with van der Waals surface area (Å²) in [5, 5.41) is 0. The molecule has 0 aliphatic heterocycles. The highest BCUT2D eigenvalue weighted by atomic mass is 14.2. The van der Waals surface area contributed by atoms with Crippen LogP contribution in [0.3, 0.4) is 0 Å². The van der Waals surface area contributed by atoms with Crippen LogP contribution in [0.15, 0.2) is 0 Å². The second-order valence-electron chi connectivity index (χ2n) is 2.50. The molecular formula is C9H13. The first-order chi connectivity index (χ1) is 4.43. The van der Waals surface area contributed by atoms with Gasteiger partial charge in [0.2, 0.25) is 0 Å². The van der Waals surface area contributed by atoms with Crippen LogP contribution in [-0.2, 0) is 0 Å². The minimum Gasteiger partial charge on any atom is -0.103 e. The van der Waals surface area contributed by atoms with E-state index in [1.54, 1.807) is 0 Å². The third-order valence-electron chi connectivity index (χ3n) is 1.41. The van der Waals surface area contributed by atoms with E-state index in [2.05, 4.69) is 25.2 Å². The SMILES string of the molecule is CCCCC#CC1[CH]C1. The normalized spacial score (nSPS) is 16.6. The summed E-state index contributed by atoms with van der Waals surface area (Å²) in [6.45, 7) is 2.20. The van der Waals surface area contributed by atoms with Crippen molar-refractivity contribution in [3.05, 3.63) is 6.42 Å². The Morgan fingerprint density at radius 1 is 1.67 bits per heavy atom. The molecule has 0 saturated heterocycles. The maximum Gasteiger partial charge on any atom is 0.0237 e. The van der Waals surface area contributed by atoms with Gasteiger partial charge in [-0.3, -0.25) is 0 Å². The van der Waals surface area contributed by atoms with Gasteiger partial charge >= 0.3 is 0 Å². The van der Waals surface area contributed by atoms with Crippen molar-refractivity contribution < 1.29 is 0 Å². The Kier molecular flexibility index (Phi) is 2.64.